The largest absolute Gasteiger partial charge is 0.460 e. The molecule has 1 heterocycles. The number of carbonyl (C=O) groups is 2. The molecule has 0 amide bonds. The van der Waals surface area contributed by atoms with Crippen molar-refractivity contribution in [1.29, 1.82) is 0 Å². The van der Waals surface area contributed by atoms with Crippen molar-refractivity contribution in [2.75, 3.05) is 6.61 Å². The van der Waals surface area contributed by atoms with Crippen LogP contribution in [0.4, 0.5) is 0 Å². The summed E-state index contributed by atoms with van der Waals surface area (Å²) in [7, 11) is 0. The van der Waals surface area contributed by atoms with E-state index in [9.17, 15) is 9.59 Å². The zero-order valence-electron chi connectivity index (χ0n) is 14.1. The minimum atomic E-state index is -0.443. The van der Waals surface area contributed by atoms with Crippen molar-refractivity contribution in [3.8, 4) is 0 Å². The summed E-state index contributed by atoms with van der Waals surface area (Å²) in [5, 5.41) is 0. The fourth-order valence-electron chi connectivity index (χ4n) is 2.98. The molecule has 2 rings (SSSR count). The first-order chi connectivity index (χ1) is 10.3. The fourth-order valence-corrected chi connectivity index (χ4v) is 2.98. The molecule has 1 saturated heterocycles. The van der Waals surface area contributed by atoms with Gasteiger partial charge < -0.3 is 14.2 Å². The van der Waals surface area contributed by atoms with Gasteiger partial charge >= 0.3 is 5.97 Å². The summed E-state index contributed by atoms with van der Waals surface area (Å²) < 4.78 is 16.1. The number of ketones is 1. The lowest BCUT2D eigenvalue weighted by Gasteiger charge is -2.29. The summed E-state index contributed by atoms with van der Waals surface area (Å²) in [5.41, 5.74) is -0.443. The predicted octanol–water partition coefficient (Wildman–Crippen LogP) is 2.86. The Hall–Kier alpha value is -0.940. The minimum absolute atomic E-state index is 0.0587. The second kappa shape index (κ2) is 7.09. The Morgan fingerprint density at radius 1 is 1.09 bits per heavy atom. The molecule has 1 saturated carbocycles. The van der Waals surface area contributed by atoms with E-state index in [4.69, 9.17) is 14.2 Å². The first-order valence-corrected chi connectivity index (χ1v) is 8.32. The van der Waals surface area contributed by atoms with Crippen LogP contribution in [0.1, 0.15) is 59.8 Å². The van der Waals surface area contributed by atoms with Gasteiger partial charge in [-0.25, -0.2) is 0 Å². The maximum absolute atomic E-state index is 12.3. The van der Waals surface area contributed by atoms with Crippen LogP contribution in [0.25, 0.3) is 0 Å². The quantitative estimate of drug-likeness (QED) is 0.557. The highest BCUT2D eigenvalue weighted by Crippen LogP contribution is 2.34. The van der Waals surface area contributed by atoms with Crippen molar-refractivity contribution in [2.24, 2.45) is 11.8 Å². The summed E-state index contributed by atoms with van der Waals surface area (Å²) in [4.78, 5) is 24.3. The van der Waals surface area contributed by atoms with Crippen molar-refractivity contribution in [2.45, 2.75) is 77.8 Å². The Labute approximate surface area is 132 Å². The van der Waals surface area contributed by atoms with E-state index in [2.05, 4.69) is 0 Å². The molecule has 5 nitrogen and oxygen atoms in total. The summed E-state index contributed by atoms with van der Waals surface area (Å²) >= 11 is 0. The predicted molar refractivity (Wildman–Crippen MR) is 81.2 cm³/mol. The first kappa shape index (κ1) is 17.4. The summed E-state index contributed by atoms with van der Waals surface area (Å²) in [6, 6.07) is 0. The van der Waals surface area contributed by atoms with Gasteiger partial charge in [0.25, 0.3) is 0 Å². The first-order valence-electron chi connectivity index (χ1n) is 8.32. The van der Waals surface area contributed by atoms with Gasteiger partial charge in [-0.2, -0.15) is 0 Å². The number of hydrogen-bond acceptors (Lipinski definition) is 5. The third-order valence-electron chi connectivity index (χ3n) is 4.19. The van der Waals surface area contributed by atoms with Crippen LogP contribution in [0.15, 0.2) is 0 Å². The average molecular weight is 312 g/mol. The van der Waals surface area contributed by atoms with Gasteiger partial charge in [-0.05, 0) is 53.4 Å². The molecule has 2 unspecified atom stereocenters. The smallest absolute Gasteiger partial charge is 0.309 e. The molecule has 0 aromatic heterocycles. The van der Waals surface area contributed by atoms with Crippen molar-refractivity contribution in [3.05, 3.63) is 0 Å². The Kier molecular flexibility index (Phi) is 5.61. The van der Waals surface area contributed by atoms with Crippen molar-refractivity contribution in [3.63, 3.8) is 0 Å². The molecule has 0 spiro atoms. The van der Waals surface area contributed by atoms with Crippen LogP contribution in [0, 0.1) is 11.8 Å². The molecule has 0 radical (unpaired) electrons. The topological polar surface area (TPSA) is 65.1 Å². The second-order valence-corrected chi connectivity index (χ2v) is 7.25. The van der Waals surface area contributed by atoms with Gasteiger partial charge in [0.2, 0.25) is 0 Å². The SMILES string of the molecule is CCOC1OC1CC(=O)C1CCC(C(=O)OC(C)(C)C)CC1. The van der Waals surface area contributed by atoms with E-state index >= 15 is 0 Å². The summed E-state index contributed by atoms with van der Waals surface area (Å²) in [6.45, 7) is 8.16. The lowest BCUT2D eigenvalue weighted by Crippen LogP contribution is -2.32. The van der Waals surface area contributed by atoms with Gasteiger partial charge in [0.1, 0.15) is 17.5 Å². The van der Waals surface area contributed by atoms with Gasteiger partial charge in [-0.1, -0.05) is 0 Å². The molecule has 0 N–H and O–H groups in total. The highest BCUT2D eigenvalue weighted by atomic mass is 16.8. The van der Waals surface area contributed by atoms with E-state index in [-0.39, 0.29) is 36.0 Å². The van der Waals surface area contributed by atoms with E-state index in [1.807, 2.05) is 27.7 Å². The van der Waals surface area contributed by atoms with Crippen LogP contribution in [-0.2, 0) is 23.8 Å². The Morgan fingerprint density at radius 2 is 1.68 bits per heavy atom. The molecule has 0 bridgehead atoms. The molecule has 0 aromatic carbocycles. The summed E-state index contributed by atoms with van der Waals surface area (Å²) in [5.74, 6) is 0.122. The van der Waals surface area contributed by atoms with Crippen LogP contribution in [-0.4, -0.2) is 36.4 Å². The van der Waals surface area contributed by atoms with E-state index in [0.717, 1.165) is 25.7 Å². The highest BCUT2D eigenvalue weighted by molar-refractivity contribution is 5.82. The molecule has 1 aliphatic carbocycles. The number of epoxide rings is 1. The van der Waals surface area contributed by atoms with Crippen molar-refractivity contribution in [1.82, 2.24) is 0 Å². The molecule has 5 heteroatoms. The van der Waals surface area contributed by atoms with E-state index in [1.54, 1.807) is 0 Å². The number of carbonyl (C=O) groups excluding carboxylic acids is 2. The van der Waals surface area contributed by atoms with E-state index in [1.165, 1.54) is 0 Å². The van der Waals surface area contributed by atoms with Crippen LogP contribution in [0.5, 0.6) is 0 Å². The third-order valence-corrected chi connectivity index (χ3v) is 4.19. The number of hydrogen-bond donors (Lipinski definition) is 0. The zero-order valence-corrected chi connectivity index (χ0v) is 14.1. The lowest BCUT2D eigenvalue weighted by atomic mass is 9.79. The average Bonchev–Trinajstić information content (AvgIpc) is 3.15. The molecule has 126 valence electrons. The highest BCUT2D eigenvalue weighted by Gasteiger charge is 2.43. The van der Waals surface area contributed by atoms with Crippen LogP contribution >= 0.6 is 0 Å². The molecular formula is C17H28O5. The van der Waals surface area contributed by atoms with E-state index < -0.39 is 5.60 Å². The van der Waals surface area contributed by atoms with Crippen LogP contribution < -0.4 is 0 Å². The normalized spacial score (nSPS) is 31.6. The second-order valence-electron chi connectivity index (χ2n) is 7.25. The Morgan fingerprint density at radius 3 is 2.23 bits per heavy atom. The van der Waals surface area contributed by atoms with Crippen molar-refractivity contribution < 1.29 is 23.8 Å². The van der Waals surface area contributed by atoms with Gasteiger partial charge in [-0.3, -0.25) is 9.59 Å². The number of ether oxygens (including phenoxy) is 3. The zero-order chi connectivity index (χ0) is 16.3. The van der Waals surface area contributed by atoms with Gasteiger partial charge in [0.05, 0.1) is 5.92 Å². The molecule has 2 aliphatic rings. The molecule has 1 aliphatic heterocycles. The molecule has 2 atom stereocenters. The maximum Gasteiger partial charge on any atom is 0.309 e. The van der Waals surface area contributed by atoms with Gasteiger partial charge in [0, 0.05) is 18.9 Å². The Bertz CT molecular complexity index is 404. The third kappa shape index (κ3) is 5.06. The van der Waals surface area contributed by atoms with Crippen LogP contribution in [0.2, 0.25) is 0 Å². The maximum atomic E-state index is 12.3. The Balaban J connectivity index is 1.71. The molecule has 2 fully saturated rings. The molecular weight excluding hydrogens is 284 g/mol. The van der Waals surface area contributed by atoms with Crippen molar-refractivity contribution >= 4 is 11.8 Å². The molecule has 0 aromatic rings. The summed E-state index contributed by atoms with van der Waals surface area (Å²) in [6.07, 6.45) is 3.22. The number of esters is 1. The van der Waals surface area contributed by atoms with Gasteiger partial charge in [0.15, 0.2) is 6.29 Å². The lowest BCUT2D eigenvalue weighted by molar-refractivity contribution is -0.161. The minimum Gasteiger partial charge on any atom is -0.460 e. The molecule has 22 heavy (non-hydrogen) atoms. The monoisotopic (exact) mass is 312 g/mol. The number of Topliss-reactive ketones (excluding diaryl/α,β-unsaturated/α-hetero) is 1. The van der Waals surface area contributed by atoms with Gasteiger partial charge in [-0.15, -0.1) is 0 Å². The standard InChI is InChI=1S/C17H28O5/c1-5-20-16-14(21-16)10-13(18)11-6-8-12(9-7-11)15(19)22-17(2,3)4/h11-12,14,16H,5-10H2,1-4H3. The van der Waals surface area contributed by atoms with Crippen LogP contribution in [0.3, 0.4) is 0 Å². The number of rotatable bonds is 6. The van der Waals surface area contributed by atoms with E-state index in [0.29, 0.717) is 13.0 Å². The fraction of sp³-hybridized carbons (Fsp3) is 0.882.